The van der Waals surface area contributed by atoms with Crippen molar-refractivity contribution in [3.63, 3.8) is 0 Å². The molecule has 0 saturated carbocycles. The highest BCUT2D eigenvalue weighted by Gasteiger charge is 2.28. The second-order valence-corrected chi connectivity index (χ2v) is 8.85. The van der Waals surface area contributed by atoms with Gasteiger partial charge >= 0.3 is 0 Å². The van der Waals surface area contributed by atoms with E-state index in [2.05, 4.69) is 45.6 Å². The number of ether oxygens (including phenoxy) is 1. The van der Waals surface area contributed by atoms with Gasteiger partial charge in [-0.1, -0.05) is 54.6 Å². The second kappa shape index (κ2) is 10.3. The minimum absolute atomic E-state index is 0.0131. The molecule has 0 spiro atoms. The van der Waals surface area contributed by atoms with Crippen molar-refractivity contribution in [3.05, 3.63) is 94.8 Å². The molecule has 0 aliphatic carbocycles. The Hall–Kier alpha value is -3.68. The lowest BCUT2D eigenvalue weighted by Gasteiger charge is -2.27. The number of aromatic nitrogens is 2. The van der Waals surface area contributed by atoms with Crippen LogP contribution in [0.2, 0.25) is 0 Å². The van der Waals surface area contributed by atoms with Gasteiger partial charge in [-0.15, -0.1) is 0 Å². The van der Waals surface area contributed by atoms with Gasteiger partial charge in [0.15, 0.2) is 5.69 Å². The molecule has 2 N–H and O–H groups in total. The van der Waals surface area contributed by atoms with E-state index in [4.69, 9.17) is 4.74 Å². The van der Waals surface area contributed by atoms with Crippen LogP contribution >= 0.6 is 0 Å². The number of amides is 1. The SMILES string of the molecule is COc1ccc(CN2CCc3c(c(C(=O)NCc4cccc5ccccc45)nn3CCO)C2)cc1. The Morgan fingerprint density at radius 2 is 1.89 bits per heavy atom. The maximum absolute atomic E-state index is 13.3. The second-order valence-electron chi connectivity index (χ2n) is 8.85. The molecule has 1 aliphatic rings. The summed E-state index contributed by atoms with van der Waals surface area (Å²) in [5.74, 6) is 0.655. The molecular weight excluding hydrogens is 440 g/mol. The van der Waals surface area contributed by atoms with Crippen LogP contribution in [0.4, 0.5) is 0 Å². The summed E-state index contributed by atoms with van der Waals surface area (Å²) in [5, 5.41) is 19.5. The first-order chi connectivity index (χ1) is 17.2. The molecule has 1 amide bonds. The topological polar surface area (TPSA) is 79.6 Å². The van der Waals surface area contributed by atoms with Gasteiger partial charge in [0.25, 0.3) is 5.91 Å². The van der Waals surface area contributed by atoms with E-state index in [-0.39, 0.29) is 12.5 Å². The Bertz CT molecular complexity index is 1320. The summed E-state index contributed by atoms with van der Waals surface area (Å²) in [6, 6.07) is 22.4. The molecule has 5 rings (SSSR count). The third-order valence-corrected chi connectivity index (χ3v) is 6.62. The van der Waals surface area contributed by atoms with Crippen LogP contribution in [-0.4, -0.2) is 46.0 Å². The van der Waals surface area contributed by atoms with Gasteiger partial charge < -0.3 is 15.2 Å². The lowest BCUT2D eigenvalue weighted by Crippen LogP contribution is -2.32. The predicted molar refractivity (Wildman–Crippen MR) is 135 cm³/mol. The Labute approximate surface area is 204 Å². The number of nitrogens with zero attached hydrogens (tertiary/aromatic N) is 3. The highest BCUT2D eigenvalue weighted by molar-refractivity contribution is 5.94. The number of rotatable bonds is 8. The number of methoxy groups -OCH3 is 1. The van der Waals surface area contributed by atoms with Crippen LogP contribution in [0.25, 0.3) is 10.8 Å². The van der Waals surface area contributed by atoms with Gasteiger partial charge in [-0.3, -0.25) is 14.4 Å². The molecule has 3 aromatic carbocycles. The van der Waals surface area contributed by atoms with E-state index >= 15 is 0 Å². The standard InChI is InChI=1S/C28H30N4O3/c1-35-23-11-9-20(10-12-23)18-31-14-13-26-25(19-31)27(30-32(26)15-16-33)28(34)29-17-22-7-4-6-21-5-2-3-8-24(21)22/h2-12,33H,13-19H2,1H3,(H,29,34). The summed E-state index contributed by atoms with van der Waals surface area (Å²) in [6.45, 7) is 3.10. The molecule has 35 heavy (non-hydrogen) atoms. The number of hydrogen-bond donors (Lipinski definition) is 2. The number of carbonyl (C=O) groups excluding carboxylic acids is 1. The van der Waals surface area contributed by atoms with Crippen molar-refractivity contribution in [2.24, 2.45) is 0 Å². The molecule has 0 fully saturated rings. The summed E-state index contributed by atoms with van der Waals surface area (Å²) >= 11 is 0. The van der Waals surface area contributed by atoms with Crippen LogP contribution < -0.4 is 10.1 Å². The lowest BCUT2D eigenvalue weighted by molar-refractivity contribution is 0.0942. The van der Waals surface area contributed by atoms with E-state index in [9.17, 15) is 9.90 Å². The molecule has 0 bridgehead atoms. The Kier molecular flexibility index (Phi) is 6.79. The maximum atomic E-state index is 13.3. The third kappa shape index (κ3) is 4.92. The van der Waals surface area contributed by atoms with Crippen molar-refractivity contribution in [2.75, 3.05) is 20.3 Å². The average Bonchev–Trinajstić information content (AvgIpc) is 3.25. The Morgan fingerprint density at radius 1 is 1.09 bits per heavy atom. The van der Waals surface area contributed by atoms with E-state index in [0.29, 0.717) is 25.3 Å². The fourth-order valence-corrected chi connectivity index (χ4v) is 4.84. The number of aliphatic hydroxyl groups is 1. The van der Waals surface area contributed by atoms with Crippen LogP contribution in [-0.2, 0) is 32.6 Å². The zero-order valence-electron chi connectivity index (χ0n) is 19.9. The average molecular weight is 471 g/mol. The minimum atomic E-state index is -0.183. The van der Waals surface area contributed by atoms with Gasteiger partial charge in [0.1, 0.15) is 5.75 Å². The molecule has 7 nitrogen and oxygen atoms in total. The first-order valence-electron chi connectivity index (χ1n) is 12.0. The number of hydrogen-bond acceptors (Lipinski definition) is 5. The molecule has 0 saturated heterocycles. The van der Waals surface area contributed by atoms with Gasteiger partial charge in [-0.25, -0.2) is 0 Å². The fourth-order valence-electron chi connectivity index (χ4n) is 4.84. The van der Waals surface area contributed by atoms with Crippen molar-refractivity contribution < 1.29 is 14.6 Å². The van der Waals surface area contributed by atoms with Gasteiger partial charge in [0.05, 0.1) is 20.3 Å². The summed E-state index contributed by atoms with van der Waals surface area (Å²) in [7, 11) is 1.66. The molecular formula is C28H30N4O3. The van der Waals surface area contributed by atoms with E-state index in [1.54, 1.807) is 11.8 Å². The summed E-state index contributed by atoms with van der Waals surface area (Å²) < 4.78 is 7.06. The van der Waals surface area contributed by atoms with Crippen LogP contribution in [0.5, 0.6) is 5.75 Å². The van der Waals surface area contributed by atoms with Gasteiger partial charge in [0.2, 0.25) is 0 Å². The predicted octanol–water partition coefficient (Wildman–Crippen LogP) is 3.53. The molecule has 7 heteroatoms. The molecule has 4 aromatic rings. The highest BCUT2D eigenvalue weighted by Crippen LogP contribution is 2.25. The van der Waals surface area contributed by atoms with Gasteiger partial charge in [-0.05, 0) is 34.0 Å². The van der Waals surface area contributed by atoms with Crippen molar-refractivity contribution in [1.29, 1.82) is 0 Å². The molecule has 0 atom stereocenters. The fraction of sp³-hybridized carbons (Fsp3) is 0.286. The number of fused-ring (bicyclic) bond motifs is 2. The Balaban J connectivity index is 1.34. The normalized spacial score (nSPS) is 13.5. The molecule has 180 valence electrons. The number of carbonyl (C=O) groups is 1. The molecule has 0 radical (unpaired) electrons. The smallest absolute Gasteiger partial charge is 0.272 e. The summed E-state index contributed by atoms with van der Waals surface area (Å²) in [4.78, 5) is 15.6. The van der Waals surface area contributed by atoms with Crippen molar-refractivity contribution in [3.8, 4) is 5.75 Å². The van der Waals surface area contributed by atoms with E-state index in [1.165, 1.54) is 5.56 Å². The van der Waals surface area contributed by atoms with Gasteiger partial charge in [-0.2, -0.15) is 5.10 Å². The largest absolute Gasteiger partial charge is 0.497 e. The lowest BCUT2D eigenvalue weighted by atomic mass is 10.0. The van der Waals surface area contributed by atoms with Crippen LogP contribution in [0.1, 0.15) is 32.9 Å². The third-order valence-electron chi connectivity index (χ3n) is 6.62. The maximum Gasteiger partial charge on any atom is 0.272 e. The number of aliphatic hydroxyl groups excluding tert-OH is 1. The zero-order valence-corrected chi connectivity index (χ0v) is 19.9. The minimum Gasteiger partial charge on any atom is -0.497 e. The first-order valence-corrected chi connectivity index (χ1v) is 12.0. The number of nitrogens with one attached hydrogen (secondary N) is 1. The monoisotopic (exact) mass is 470 g/mol. The summed E-state index contributed by atoms with van der Waals surface area (Å²) in [6.07, 6.45) is 0.787. The molecule has 0 unspecified atom stereocenters. The van der Waals surface area contributed by atoms with E-state index in [0.717, 1.165) is 52.9 Å². The van der Waals surface area contributed by atoms with Crippen LogP contribution in [0, 0.1) is 0 Å². The molecule has 1 aromatic heterocycles. The quantitative estimate of drug-likeness (QED) is 0.412. The van der Waals surface area contributed by atoms with Crippen molar-refractivity contribution in [1.82, 2.24) is 20.0 Å². The van der Waals surface area contributed by atoms with Gasteiger partial charge in [0, 0.05) is 43.9 Å². The Morgan fingerprint density at radius 3 is 2.69 bits per heavy atom. The van der Waals surface area contributed by atoms with Crippen LogP contribution in [0.15, 0.2) is 66.7 Å². The van der Waals surface area contributed by atoms with E-state index in [1.807, 2.05) is 36.4 Å². The summed E-state index contributed by atoms with van der Waals surface area (Å²) in [5.41, 5.74) is 4.71. The highest BCUT2D eigenvalue weighted by atomic mass is 16.5. The van der Waals surface area contributed by atoms with E-state index < -0.39 is 0 Å². The van der Waals surface area contributed by atoms with Crippen molar-refractivity contribution in [2.45, 2.75) is 32.6 Å². The zero-order chi connectivity index (χ0) is 24.2. The molecule has 2 heterocycles. The van der Waals surface area contributed by atoms with Crippen molar-refractivity contribution >= 4 is 16.7 Å². The van der Waals surface area contributed by atoms with Crippen LogP contribution in [0.3, 0.4) is 0 Å². The molecule has 1 aliphatic heterocycles. The first kappa shape index (κ1) is 23.1. The number of benzene rings is 3.